The first-order chi connectivity index (χ1) is 14.9. The van der Waals surface area contributed by atoms with Gasteiger partial charge in [-0.2, -0.15) is 4.98 Å². The number of ether oxygens (including phenoxy) is 8. The zero-order valence-corrected chi connectivity index (χ0v) is 19.4. The van der Waals surface area contributed by atoms with E-state index in [1.165, 1.54) is 28.4 Å². The van der Waals surface area contributed by atoms with Gasteiger partial charge in [0.05, 0.1) is 14.2 Å². The molecular weight excluding hydrogens is 430 g/mol. The third-order valence-corrected chi connectivity index (χ3v) is 4.96. The zero-order valence-electron chi connectivity index (χ0n) is 18.6. The lowest BCUT2D eigenvalue weighted by atomic mass is 9.88. The molecule has 0 bridgehead atoms. The lowest BCUT2D eigenvalue weighted by Gasteiger charge is -2.23. The minimum atomic E-state index is -0.428. The molecule has 10 nitrogen and oxygen atoms in total. The number of pyridine rings is 1. The van der Waals surface area contributed by atoms with Gasteiger partial charge in [-0.15, -0.1) is 0 Å². The Labute approximate surface area is 187 Å². The van der Waals surface area contributed by atoms with Crippen molar-refractivity contribution in [2.75, 3.05) is 48.6 Å². The predicted octanol–water partition coefficient (Wildman–Crippen LogP) is 2.61. The van der Waals surface area contributed by atoms with Gasteiger partial charge in [-0.25, -0.2) is 0 Å². The average molecular weight is 460 g/mol. The highest BCUT2D eigenvalue weighted by Crippen LogP contribution is 2.44. The minimum Gasteiger partial charge on any atom is -0.489 e. The van der Waals surface area contributed by atoms with Gasteiger partial charge in [0.2, 0.25) is 11.6 Å². The fraction of sp³-hybridized carbons (Fsp3) is 0.650. The fourth-order valence-electron chi connectivity index (χ4n) is 3.20. The third-order valence-electron chi connectivity index (χ3n) is 4.74. The molecule has 1 aliphatic heterocycles. The second kappa shape index (κ2) is 11.9. The summed E-state index contributed by atoms with van der Waals surface area (Å²) in [6.07, 6.45) is 0.303. The highest BCUT2D eigenvalue weighted by molar-refractivity contribution is 7.79. The molecule has 1 aromatic heterocycles. The molecule has 0 aromatic carbocycles. The second-order valence-corrected chi connectivity index (χ2v) is 7.29. The molecule has 1 saturated heterocycles. The summed E-state index contributed by atoms with van der Waals surface area (Å²) < 4.78 is 42.7. The number of carbonyl (C=O) groups is 1. The SMILES string of the molecule is COCOc1nc(OC)c(OC)c(OCOC)c1C(=O)[C@@H](C)C[C@H](C)[C@H]1COC(=S)O1. The van der Waals surface area contributed by atoms with E-state index in [2.05, 4.69) is 4.98 Å². The van der Waals surface area contributed by atoms with Crippen LogP contribution in [0.2, 0.25) is 0 Å². The lowest BCUT2D eigenvalue weighted by Crippen LogP contribution is -2.25. The molecule has 0 N–H and O–H groups in total. The Morgan fingerprint density at radius 1 is 1.06 bits per heavy atom. The number of aromatic nitrogens is 1. The number of thiocarbonyl (C=S) groups is 1. The van der Waals surface area contributed by atoms with Gasteiger partial charge in [-0.05, 0) is 12.3 Å². The first kappa shape index (κ1) is 24.9. The van der Waals surface area contributed by atoms with E-state index >= 15 is 0 Å². The summed E-state index contributed by atoms with van der Waals surface area (Å²) in [4.78, 5) is 17.8. The van der Waals surface area contributed by atoms with Crippen LogP contribution < -0.4 is 18.9 Å². The van der Waals surface area contributed by atoms with Crippen LogP contribution in [-0.2, 0) is 18.9 Å². The van der Waals surface area contributed by atoms with Crippen LogP contribution in [0.1, 0.15) is 30.6 Å². The van der Waals surface area contributed by atoms with E-state index in [0.717, 1.165) is 0 Å². The minimum absolute atomic E-state index is 0.0109. The largest absolute Gasteiger partial charge is 0.489 e. The molecule has 0 saturated carbocycles. The number of nitrogens with zero attached hydrogens (tertiary/aromatic N) is 1. The molecule has 1 aromatic rings. The topological polar surface area (TPSA) is 104 Å². The Kier molecular flexibility index (Phi) is 9.53. The number of methoxy groups -OCH3 is 4. The monoisotopic (exact) mass is 459 g/mol. The van der Waals surface area contributed by atoms with Crippen molar-refractivity contribution >= 4 is 23.2 Å². The van der Waals surface area contributed by atoms with Gasteiger partial charge in [0.1, 0.15) is 18.3 Å². The highest BCUT2D eigenvalue weighted by atomic mass is 32.1. The number of hydrogen-bond acceptors (Lipinski definition) is 11. The van der Waals surface area contributed by atoms with Crippen LogP contribution in [0.3, 0.4) is 0 Å². The quantitative estimate of drug-likeness (QED) is 0.247. The van der Waals surface area contributed by atoms with Crippen molar-refractivity contribution in [3.8, 4) is 23.3 Å². The van der Waals surface area contributed by atoms with E-state index in [1.807, 2.05) is 13.8 Å². The zero-order chi connectivity index (χ0) is 23.0. The van der Waals surface area contributed by atoms with Crippen molar-refractivity contribution in [1.82, 2.24) is 4.98 Å². The van der Waals surface area contributed by atoms with Gasteiger partial charge in [-0.1, -0.05) is 13.8 Å². The molecular formula is C20H29NO9S. The van der Waals surface area contributed by atoms with E-state index in [4.69, 9.17) is 50.1 Å². The average Bonchev–Trinajstić information content (AvgIpc) is 3.21. The summed E-state index contributed by atoms with van der Waals surface area (Å²) in [5, 5.41) is 0.130. The molecule has 1 fully saturated rings. The molecule has 3 atom stereocenters. The fourth-order valence-corrected chi connectivity index (χ4v) is 3.39. The second-order valence-electron chi connectivity index (χ2n) is 6.96. The summed E-state index contributed by atoms with van der Waals surface area (Å²) in [6, 6.07) is 0. The first-order valence-corrected chi connectivity index (χ1v) is 10.1. The van der Waals surface area contributed by atoms with Gasteiger partial charge >= 0.3 is 5.24 Å². The maximum absolute atomic E-state index is 13.5. The van der Waals surface area contributed by atoms with Crippen LogP contribution in [0.5, 0.6) is 23.3 Å². The number of hydrogen-bond donors (Lipinski definition) is 0. The maximum atomic E-state index is 13.5. The van der Waals surface area contributed by atoms with E-state index in [9.17, 15) is 4.79 Å². The van der Waals surface area contributed by atoms with Crippen LogP contribution in [-0.4, -0.2) is 70.7 Å². The summed E-state index contributed by atoms with van der Waals surface area (Å²) in [7, 11) is 5.77. The first-order valence-electron chi connectivity index (χ1n) is 9.64. The molecule has 11 heteroatoms. The number of rotatable bonds is 13. The highest BCUT2D eigenvalue weighted by Gasteiger charge is 2.34. The molecule has 0 amide bonds. The maximum Gasteiger partial charge on any atom is 0.352 e. The Morgan fingerprint density at radius 2 is 1.74 bits per heavy atom. The van der Waals surface area contributed by atoms with Crippen LogP contribution in [0.25, 0.3) is 0 Å². The number of ketones is 1. The molecule has 2 rings (SSSR count). The number of Topliss-reactive ketones (excluding diaryl/α,β-unsaturated/α-hetero) is 1. The molecule has 1 aliphatic rings. The van der Waals surface area contributed by atoms with E-state index in [1.54, 1.807) is 0 Å². The van der Waals surface area contributed by atoms with Gasteiger partial charge in [0, 0.05) is 32.4 Å². The molecule has 2 heterocycles. The van der Waals surface area contributed by atoms with Gasteiger partial charge < -0.3 is 37.9 Å². The van der Waals surface area contributed by atoms with Crippen LogP contribution in [0.15, 0.2) is 0 Å². The van der Waals surface area contributed by atoms with Crippen molar-refractivity contribution in [3.63, 3.8) is 0 Å². The molecule has 0 unspecified atom stereocenters. The molecule has 0 spiro atoms. The summed E-state index contributed by atoms with van der Waals surface area (Å²) in [5.74, 6) is -0.279. The van der Waals surface area contributed by atoms with E-state index < -0.39 is 5.92 Å². The summed E-state index contributed by atoms with van der Waals surface area (Å²) in [6.45, 7) is 3.90. The Bertz CT molecular complexity index is 774. The van der Waals surface area contributed by atoms with Crippen LogP contribution in [0.4, 0.5) is 0 Å². The van der Waals surface area contributed by atoms with E-state index in [-0.39, 0.29) is 65.5 Å². The third kappa shape index (κ3) is 6.08. The standard InChI is InChI=1S/C20H29NO9S/c1-11(13-8-27-20(31)30-13)7-12(2)15(22)14-16(28-9-23-3)17(25-5)19(26-6)21-18(14)29-10-24-4/h11-13H,7-10H2,1-6H3/t11-,12-,13+/m0/s1. The molecule has 31 heavy (non-hydrogen) atoms. The molecule has 0 radical (unpaired) electrons. The van der Waals surface area contributed by atoms with Crippen molar-refractivity contribution in [2.24, 2.45) is 11.8 Å². The van der Waals surface area contributed by atoms with Crippen molar-refractivity contribution in [2.45, 2.75) is 26.4 Å². The van der Waals surface area contributed by atoms with Gasteiger partial charge in [-0.3, -0.25) is 4.79 Å². The predicted molar refractivity (Wildman–Crippen MR) is 113 cm³/mol. The lowest BCUT2D eigenvalue weighted by molar-refractivity contribution is 0.0396. The van der Waals surface area contributed by atoms with Crippen LogP contribution in [0, 0.1) is 11.8 Å². The van der Waals surface area contributed by atoms with Crippen molar-refractivity contribution < 1.29 is 42.7 Å². The molecule has 174 valence electrons. The van der Waals surface area contributed by atoms with Gasteiger partial charge in [0.15, 0.2) is 25.1 Å². The smallest absolute Gasteiger partial charge is 0.352 e. The van der Waals surface area contributed by atoms with E-state index in [0.29, 0.717) is 13.0 Å². The van der Waals surface area contributed by atoms with Crippen molar-refractivity contribution in [3.05, 3.63) is 5.56 Å². The Morgan fingerprint density at radius 3 is 2.29 bits per heavy atom. The summed E-state index contributed by atoms with van der Waals surface area (Å²) in [5.41, 5.74) is 0.116. The molecule has 0 aliphatic carbocycles. The van der Waals surface area contributed by atoms with Gasteiger partial charge in [0.25, 0.3) is 5.88 Å². The summed E-state index contributed by atoms with van der Waals surface area (Å²) >= 11 is 4.92. The Hall–Kier alpha value is -2.37. The normalized spacial score (nSPS) is 17.4. The van der Waals surface area contributed by atoms with Crippen LogP contribution >= 0.6 is 12.2 Å². The Balaban J connectivity index is 2.41. The number of carbonyl (C=O) groups excluding carboxylic acids is 1. The van der Waals surface area contributed by atoms with Crippen molar-refractivity contribution in [1.29, 1.82) is 0 Å².